The molecule has 1 aliphatic rings. The number of carbonyl (C=O) groups is 1. The molecule has 4 rings (SSSR count). The van der Waals surface area contributed by atoms with Crippen molar-refractivity contribution in [3.63, 3.8) is 0 Å². The second-order valence-electron chi connectivity index (χ2n) is 6.96. The number of benzene rings is 2. The Morgan fingerprint density at radius 3 is 2.83 bits per heavy atom. The van der Waals surface area contributed by atoms with Crippen LogP contribution in [-0.2, 0) is 17.6 Å². The minimum absolute atomic E-state index is 0.0893. The fourth-order valence-electron chi connectivity index (χ4n) is 3.45. The zero-order valence-corrected chi connectivity index (χ0v) is 15.9. The molecule has 1 unspecified atom stereocenters. The van der Waals surface area contributed by atoms with Gasteiger partial charge in [0.2, 0.25) is 0 Å². The van der Waals surface area contributed by atoms with Crippen LogP contribution in [0.25, 0.3) is 11.1 Å². The Kier molecular flexibility index (Phi) is 5.16. The monoisotopic (exact) mass is 393 g/mol. The van der Waals surface area contributed by atoms with Gasteiger partial charge in [-0.15, -0.1) is 0 Å². The summed E-state index contributed by atoms with van der Waals surface area (Å²) in [5.74, 6) is 0.196. The van der Waals surface area contributed by atoms with Crippen molar-refractivity contribution in [1.82, 2.24) is 4.98 Å². The molecule has 3 aromatic rings. The van der Waals surface area contributed by atoms with Gasteiger partial charge in [0.1, 0.15) is 23.4 Å². The number of carboxylic acid groups (broad SMARTS) is 1. The van der Waals surface area contributed by atoms with Crippen LogP contribution in [0.4, 0.5) is 4.39 Å². The van der Waals surface area contributed by atoms with Crippen LogP contribution in [-0.4, -0.2) is 23.2 Å². The molecule has 0 spiro atoms. The number of aromatic nitrogens is 1. The number of aryl methyl sites for hydroxylation is 1. The lowest BCUT2D eigenvalue weighted by Crippen LogP contribution is -2.05. The molecular weight excluding hydrogens is 373 g/mol. The second-order valence-corrected chi connectivity index (χ2v) is 6.96. The van der Waals surface area contributed by atoms with Crippen molar-refractivity contribution in [1.29, 1.82) is 0 Å². The van der Waals surface area contributed by atoms with E-state index in [1.165, 1.54) is 6.07 Å². The van der Waals surface area contributed by atoms with E-state index in [1.54, 1.807) is 25.4 Å². The number of hydrogen-bond donors (Lipinski definition) is 1. The van der Waals surface area contributed by atoms with Gasteiger partial charge in [-0.05, 0) is 47.9 Å². The van der Waals surface area contributed by atoms with Gasteiger partial charge in [0.15, 0.2) is 0 Å². The molecule has 6 heteroatoms. The van der Waals surface area contributed by atoms with Crippen molar-refractivity contribution in [3.8, 4) is 22.6 Å². The summed E-state index contributed by atoms with van der Waals surface area (Å²) in [6.07, 6.45) is 2.66. The first-order valence-corrected chi connectivity index (χ1v) is 9.33. The van der Waals surface area contributed by atoms with Gasteiger partial charge in [-0.25, -0.2) is 4.39 Å². The minimum atomic E-state index is -0.818. The van der Waals surface area contributed by atoms with Gasteiger partial charge in [0.05, 0.1) is 12.8 Å². The number of fused-ring (bicyclic) bond motifs is 1. The predicted octanol–water partition coefficient (Wildman–Crippen LogP) is 4.59. The summed E-state index contributed by atoms with van der Waals surface area (Å²) in [6, 6.07) is 14.1. The first-order chi connectivity index (χ1) is 14.0. The van der Waals surface area contributed by atoms with Crippen LogP contribution in [0.15, 0.2) is 54.7 Å². The van der Waals surface area contributed by atoms with E-state index >= 15 is 0 Å². The topological polar surface area (TPSA) is 68.7 Å². The van der Waals surface area contributed by atoms with E-state index in [-0.39, 0.29) is 18.3 Å². The molecule has 1 atom stereocenters. The third kappa shape index (κ3) is 4.06. The summed E-state index contributed by atoms with van der Waals surface area (Å²) in [5.41, 5.74) is 3.86. The molecule has 2 heterocycles. The first-order valence-electron chi connectivity index (χ1n) is 9.33. The molecule has 2 aromatic carbocycles. The molecule has 0 aliphatic carbocycles. The van der Waals surface area contributed by atoms with E-state index in [1.807, 2.05) is 30.3 Å². The molecule has 0 amide bonds. The van der Waals surface area contributed by atoms with E-state index in [2.05, 4.69) is 4.98 Å². The van der Waals surface area contributed by atoms with Crippen molar-refractivity contribution in [2.45, 2.75) is 25.4 Å². The Hall–Kier alpha value is -3.41. The van der Waals surface area contributed by atoms with Crippen molar-refractivity contribution in [3.05, 3.63) is 77.4 Å². The molecular formula is C23H20FNO4. The lowest BCUT2D eigenvalue weighted by molar-refractivity contribution is -0.136. The Labute approximate surface area is 167 Å². The molecule has 0 fully saturated rings. The number of aliphatic carboxylic acids is 1. The smallest absolute Gasteiger partial charge is 0.303 e. The standard InChI is InChI=1S/C23H20FNO4/c1-28-17-6-7-19(24)18(12-17)16-5-8-20(25-13-16)22-11-15-4-2-14(3-9-23(26)27)10-21(15)29-22/h2,4-8,10,12-13,22H,3,9,11H2,1H3,(H,26,27). The largest absolute Gasteiger partial charge is 0.497 e. The predicted molar refractivity (Wildman–Crippen MR) is 106 cm³/mol. The summed E-state index contributed by atoms with van der Waals surface area (Å²) in [7, 11) is 1.54. The van der Waals surface area contributed by atoms with Crippen LogP contribution in [0.2, 0.25) is 0 Å². The number of carboxylic acids is 1. The zero-order valence-electron chi connectivity index (χ0n) is 15.9. The first kappa shape index (κ1) is 18.9. The number of pyridine rings is 1. The van der Waals surface area contributed by atoms with Crippen LogP contribution in [0.5, 0.6) is 11.5 Å². The third-order valence-corrected chi connectivity index (χ3v) is 5.03. The van der Waals surface area contributed by atoms with E-state index < -0.39 is 5.97 Å². The zero-order chi connectivity index (χ0) is 20.4. The average molecular weight is 393 g/mol. The molecule has 0 saturated carbocycles. The number of nitrogens with zero attached hydrogens (tertiary/aromatic N) is 1. The quantitative estimate of drug-likeness (QED) is 0.663. The molecule has 29 heavy (non-hydrogen) atoms. The summed E-state index contributed by atoms with van der Waals surface area (Å²) in [5, 5.41) is 8.84. The Morgan fingerprint density at radius 2 is 2.10 bits per heavy atom. The third-order valence-electron chi connectivity index (χ3n) is 5.03. The number of halogens is 1. The second kappa shape index (κ2) is 7.91. The summed E-state index contributed by atoms with van der Waals surface area (Å²) < 4.78 is 25.4. The Morgan fingerprint density at radius 1 is 1.24 bits per heavy atom. The fraction of sp³-hybridized carbons (Fsp3) is 0.217. The Bertz CT molecular complexity index is 1050. The van der Waals surface area contributed by atoms with Gasteiger partial charge in [0, 0.05) is 30.2 Å². The molecule has 1 aliphatic heterocycles. The van der Waals surface area contributed by atoms with Crippen LogP contribution in [0.1, 0.15) is 29.3 Å². The van der Waals surface area contributed by atoms with Crippen molar-refractivity contribution in [2.24, 2.45) is 0 Å². The van der Waals surface area contributed by atoms with E-state index in [0.717, 1.165) is 22.6 Å². The van der Waals surface area contributed by atoms with Gasteiger partial charge >= 0.3 is 5.97 Å². The van der Waals surface area contributed by atoms with Gasteiger partial charge in [-0.2, -0.15) is 0 Å². The lowest BCUT2D eigenvalue weighted by Gasteiger charge is -2.12. The molecule has 5 nitrogen and oxygen atoms in total. The van der Waals surface area contributed by atoms with Gasteiger partial charge in [0.25, 0.3) is 0 Å². The van der Waals surface area contributed by atoms with E-state index in [4.69, 9.17) is 14.6 Å². The summed E-state index contributed by atoms with van der Waals surface area (Å²) in [4.78, 5) is 15.2. The molecule has 1 aromatic heterocycles. The van der Waals surface area contributed by atoms with Crippen molar-refractivity contribution in [2.75, 3.05) is 7.11 Å². The highest BCUT2D eigenvalue weighted by Gasteiger charge is 2.25. The van der Waals surface area contributed by atoms with Crippen LogP contribution in [0.3, 0.4) is 0 Å². The highest BCUT2D eigenvalue weighted by molar-refractivity contribution is 5.67. The van der Waals surface area contributed by atoms with E-state index in [9.17, 15) is 9.18 Å². The number of ether oxygens (including phenoxy) is 2. The normalized spacial score (nSPS) is 14.9. The maximum Gasteiger partial charge on any atom is 0.303 e. The number of methoxy groups -OCH3 is 1. The molecule has 148 valence electrons. The molecule has 0 bridgehead atoms. The van der Waals surface area contributed by atoms with Crippen LogP contribution in [0, 0.1) is 5.82 Å². The van der Waals surface area contributed by atoms with Crippen LogP contribution < -0.4 is 9.47 Å². The van der Waals surface area contributed by atoms with Crippen molar-refractivity contribution >= 4 is 5.97 Å². The average Bonchev–Trinajstić information content (AvgIpc) is 3.16. The number of hydrogen-bond acceptors (Lipinski definition) is 4. The maximum atomic E-state index is 14.2. The minimum Gasteiger partial charge on any atom is -0.497 e. The van der Waals surface area contributed by atoms with E-state index in [0.29, 0.717) is 29.7 Å². The fourth-order valence-corrected chi connectivity index (χ4v) is 3.45. The summed E-state index contributed by atoms with van der Waals surface area (Å²) in [6.45, 7) is 0. The van der Waals surface area contributed by atoms with Gasteiger partial charge in [-0.3, -0.25) is 9.78 Å². The molecule has 0 radical (unpaired) electrons. The highest BCUT2D eigenvalue weighted by Crippen LogP contribution is 2.37. The molecule has 1 N–H and O–H groups in total. The SMILES string of the molecule is COc1ccc(F)c(-c2ccc(C3Cc4ccc(CCC(=O)O)cc4O3)nc2)c1. The van der Waals surface area contributed by atoms with Crippen molar-refractivity contribution < 1.29 is 23.8 Å². The summed E-state index contributed by atoms with van der Waals surface area (Å²) >= 11 is 0. The lowest BCUT2D eigenvalue weighted by atomic mass is 10.0. The van der Waals surface area contributed by atoms with Gasteiger partial charge < -0.3 is 14.6 Å². The molecule has 0 saturated heterocycles. The van der Waals surface area contributed by atoms with Crippen LogP contribution >= 0.6 is 0 Å². The highest BCUT2D eigenvalue weighted by atomic mass is 19.1. The maximum absolute atomic E-state index is 14.2. The van der Waals surface area contributed by atoms with Gasteiger partial charge in [-0.1, -0.05) is 18.2 Å². The number of rotatable bonds is 6. The Balaban J connectivity index is 1.50.